The molecule has 0 bridgehead atoms. The zero-order chi connectivity index (χ0) is 13.0. The lowest BCUT2D eigenvalue weighted by atomic mass is 10.1. The maximum Gasteiger partial charge on any atom is 0.272 e. The van der Waals surface area contributed by atoms with E-state index in [0.29, 0.717) is 5.69 Å². The van der Waals surface area contributed by atoms with Gasteiger partial charge in [0.05, 0.1) is 18.0 Å². The van der Waals surface area contributed by atoms with Gasteiger partial charge in [-0.3, -0.25) is 4.79 Å². The highest BCUT2D eigenvalue weighted by Gasteiger charge is 2.23. The van der Waals surface area contributed by atoms with E-state index in [2.05, 4.69) is 10.3 Å². The molecule has 98 valence electrons. The highest BCUT2D eigenvalue weighted by atomic mass is 16.5. The molecule has 0 unspecified atom stereocenters. The minimum Gasteiger partial charge on any atom is -0.387 e. The van der Waals surface area contributed by atoms with Gasteiger partial charge in [0.1, 0.15) is 5.69 Å². The minimum atomic E-state index is 0.00667. The number of ether oxygens (including phenoxy) is 1. The van der Waals surface area contributed by atoms with Crippen molar-refractivity contribution in [3.05, 3.63) is 24.0 Å². The van der Waals surface area contributed by atoms with Gasteiger partial charge >= 0.3 is 0 Å². The van der Waals surface area contributed by atoms with E-state index in [1.165, 1.54) is 0 Å². The Hall–Kier alpha value is -1.62. The molecule has 0 aromatic carbocycles. The maximum atomic E-state index is 12.2. The number of nitrogens with zero attached hydrogens (tertiary/aromatic N) is 2. The molecule has 1 aromatic rings. The van der Waals surface area contributed by atoms with Crippen molar-refractivity contribution in [1.29, 1.82) is 0 Å². The number of methoxy groups -OCH3 is 1. The Labute approximate surface area is 107 Å². The average Bonchev–Trinajstić information content (AvgIpc) is 2.47. The standard InChI is InChI=1S/C13H19N3O2/c1-14-10-3-4-12(15-9-10)13(17)16-7-5-11(18-2)6-8-16/h3-4,9,11,14H,5-8H2,1-2H3. The summed E-state index contributed by atoms with van der Waals surface area (Å²) < 4.78 is 5.29. The van der Waals surface area contributed by atoms with Crippen LogP contribution in [0.2, 0.25) is 0 Å². The number of carbonyl (C=O) groups excluding carboxylic acids is 1. The molecular weight excluding hydrogens is 230 g/mol. The van der Waals surface area contributed by atoms with Crippen LogP contribution in [0.4, 0.5) is 5.69 Å². The Balaban J connectivity index is 1.98. The number of likely N-dealkylation sites (tertiary alicyclic amines) is 1. The van der Waals surface area contributed by atoms with Gasteiger partial charge in [-0.25, -0.2) is 4.98 Å². The third kappa shape index (κ3) is 2.79. The summed E-state index contributed by atoms with van der Waals surface area (Å²) in [7, 11) is 3.55. The molecule has 0 atom stereocenters. The van der Waals surface area contributed by atoms with E-state index < -0.39 is 0 Å². The summed E-state index contributed by atoms with van der Waals surface area (Å²) in [6, 6.07) is 3.62. The Morgan fingerprint density at radius 1 is 1.44 bits per heavy atom. The van der Waals surface area contributed by atoms with Gasteiger partial charge in [0, 0.05) is 27.2 Å². The molecular formula is C13H19N3O2. The minimum absolute atomic E-state index is 0.00667. The van der Waals surface area contributed by atoms with Gasteiger partial charge in [-0.15, -0.1) is 0 Å². The molecule has 5 nitrogen and oxygen atoms in total. The van der Waals surface area contributed by atoms with Crippen LogP contribution >= 0.6 is 0 Å². The Kier molecular flexibility index (Phi) is 4.15. The first kappa shape index (κ1) is 12.8. The molecule has 0 radical (unpaired) electrons. The van der Waals surface area contributed by atoms with E-state index in [1.54, 1.807) is 19.4 Å². The van der Waals surface area contributed by atoms with E-state index in [-0.39, 0.29) is 12.0 Å². The number of hydrogen-bond acceptors (Lipinski definition) is 4. The van der Waals surface area contributed by atoms with Gasteiger partial charge in [0.15, 0.2) is 0 Å². The second kappa shape index (κ2) is 5.82. The number of anilines is 1. The van der Waals surface area contributed by atoms with E-state index in [4.69, 9.17) is 4.74 Å². The summed E-state index contributed by atoms with van der Waals surface area (Å²) in [5, 5.41) is 2.98. The molecule has 0 spiro atoms. The predicted molar refractivity (Wildman–Crippen MR) is 69.7 cm³/mol. The Morgan fingerprint density at radius 3 is 2.67 bits per heavy atom. The van der Waals surface area contributed by atoms with E-state index >= 15 is 0 Å². The van der Waals surface area contributed by atoms with Gasteiger partial charge < -0.3 is 15.0 Å². The van der Waals surface area contributed by atoms with Gasteiger partial charge in [0.2, 0.25) is 0 Å². The molecule has 1 aliphatic heterocycles. The number of pyridine rings is 1. The van der Waals surface area contributed by atoms with Gasteiger partial charge in [-0.2, -0.15) is 0 Å². The predicted octanol–water partition coefficient (Wildman–Crippen LogP) is 1.37. The largest absolute Gasteiger partial charge is 0.387 e. The number of carbonyl (C=O) groups is 1. The third-order valence-corrected chi connectivity index (χ3v) is 3.33. The highest BCUT2D eigenvalue weighted by molar-refractivity contribution is 5.92. The molecule has 1 fully saturated rings. The zero-order valence-electron chi connectivity index (χ0n) is 10.8. The second-order valence-corrected chi connectivity index (χ2v) is 4.41. The number of amides is 1. The first-order valence-corrected chi connectivity index (χ1v) is 6.20. The van der Waals surface area contributed by atoms with Crippen LogP contribution in [0.5, 0.6) is 0 Å². The summed E-state index contributed by atoms with van der Waals surface area (Å²) in [4.78, 5) is 18.2. The molecule has 1 aliphatic rings. The lowest BCUT2D eigenvalue weighted by Crippen LogP contribution is -2.40. The van der Waals surface area contributed by atoms with Crippen LogP contribution in [-0.2, 0) is 4.74 Å². The van der Waals surface area contributed by atoms with Gasteiger partial charge in [-0.1, -0.05) is 0 Å². The summed E-state index contributed by atoms with van der Waals surface area (Å²) >= 11 is 0. The van der Waals surface area contributed by atoms with Crippen molar-refractivity contribution >= 4 is 11.6 Å². The van der Waals surface area contributed by atoms with Crippen LogP contribution in [0, 0.1) is 0 Å². The second-order valence-electron chi connectivity index (χ2n) is 4.41. The third-order valence-electron chi connectivity index (χ3n) is 3.33. The number of aromatic nitrogens is 1. The van der Waals surface area contributed by atoms with Crippen molar-refractivity contribution in [2.75, 3.05) is 32.6 Å². The van der Waals surface area contributed by atoms with Crippen molar-refractivity contribution in [3.8, 4) is 0 Å². The van der Waals surface area contributed by atoms with Crippen molar-refractivity contribution in [3.63, 3.8) is 0 Å². The first-order valence-electron chi connectivity index (χ1n) is 6.20. The smallest absolute Gasteiger partial charge is 0.272 e. The quantitative estimate of drug-likeness (QED) is 0.879. The van der Waals surface area contributed by atoms with Crippen molar-refractivity contribution < 1.29 is 9.53 Å². The molecule has 1 aromatic heterocycles. The zero-order valence-corrected chi connectivity index (χ0v) is 10.8. The molecule has 18 heavy (non-hydrogen) atoms. The van der Waals surface area contributed by atoms with Gasteiger partial charge in [0.25, 0.3) is 5.91 Å². The SMILES string of the molecule is CNc1ccc(C(=O)N2CCC(OC)CC2)nc1. The highest BCUT2D eigenvalue weighted by Crippen LogP contribution is 2.15. The summed E-state index contributed by atoms with van der Waals surface area (Å²) in [5.74, 6) is 0.00667. The molecule has 2 rings (SSSR count). The number of rotatable bonds is 3. The summed E-state index contributed by atoms with van der Waals surface area (Å²) in [5.41, 5.74) is 1.41. The van der Waals surface area contributed by atoms with E-state index in [0.717, 1.165) is 31.6 Å². The van der Waals surface area contributed by atoms with Crippen LogP contribution in [-0.4, -0.2) is 49.1 Å². The van der Waals surface area contributed by atoms with Crippen molar-refractivity contribution in [2.24, 2.45) is 0 Å². The number of nitrogens with one attached hydrogen (secondary N) is 1. The fraction of sp³-hybridized carbons (Fsp3) is 0.538. The van der Waals surface area contributed by atoms with Crippen LogP contribution in [0.3, 0.4) is 0 Å². The van der Waals surface area contributed by atoms with Crippen molar-refractivity contribution in [2.45, 2.75) is 18.9 Å². The fourth-order valence-corrected chi connectivity index (χ4v) is 2.12. The summed E-state index contributed by atoms with van der Waals surface area (Å²) in [6.45, 7) is 1.49. The monoisotopic (exact) mass is 249 g/mol. The van der Waals surface area contributed by atoms with E-state index in [1.807, 2.05) is 18.0 Å². The fourth-order valence-electron chi connectivity index (χ4n) is 2.12. The molecule has 5 heteroatoms. The molecule has 1 saturated heterocycles. The number of hydrogen-bond donors (Lipinski definition) is 1. The Morgan fingerprint density at radius 2 is 2.17 bits per heavy atom. The lowest BCUT2D eigenvalue weighted by Gasteiger charge is -2.31. The van der Waals surface area contributed by atoms with Crippen molar-refractivity contribution in [1.82, 2.24) is 9.88 Å². The molecule has 1 N–H and O–H groups in total. The maximum absolute atomic E-state index is 12.2. The lowest BCUT2D eigenvalue weighted by molar-refractivity contribution is 0.0347. The topological polar surface area (TPSA) is 54.5 Å². The van der Waals surface area contributed by atoms with Crippen LogP contribution in [0.15, 0.2) is 18.3 Å². The molecule has 0 aliphatic carbocycles. The van der Waals surface area contributed by atoms with Crippen LogP contribution in [0.1, 0.15) is 23.3 Å². The van der Waals surface area contributed by atoms with E-state index in [9.17, 15) is 4.79 Å². The molecule has 0 saturated carbocycles. The van der Waals surface area contributed by atoms with Gasteiger partial charge in [-0.05, 0) is 25.0 Å². The molecule has 2 heterocycles. The number of piperidine rings is 1. The normalized spacial score (nSPS) is 16.7. The summed E-state index contributed by atoms with van der Waals surface area (Å²) in [6.07, 6.45) is 3.76. The first-order chi connectivity index (χ1) is 8.74. The van der Waals surface area contributed by atoms with Crippen LogP contribution < -0.4 is 5.32 Å². The average molecular weight is 249 g/mol. The molecule has 1 amide bonds. The van der Waals surface area contributed by atoms with Crippen LogP contribution in [0.25, 0.3) is 0 Å². The Bertz CT molecular complexity index is 397.